The molecule has 1 unspecified atom stereocenters. The van der Waals surface area contributed by atoms with Crippen LogP contribution >= 0.6 is 0 Å². The first-order chi connectivity index (χ1) is 17.6. The van der Waals surface area contributed by atoms with Crippen LogP contribution in [0.5, 0.6) is 0 Å². The molecule has 3 N–H and O–H groups in total. The number of sulfone groups is 1. The minimum absolute atomic E-state index is 0.00258. The normalized spacial score (nSPS) is 20.0. The van der Waals surface area contributed by atoms with Crippen molar-refractivity contribution in [2.75, 3.05) is 6.26 Å². The van der Waals surface area contributed by atoms with Gasteiger partial charge in [-0.1, -0.05) is 56.3 Å². The fraction of sp³-hybridized carbons (Fsp3) is 0.500. The second-order valence-electron chi connectivity index (χ2n) is 11.3. The van der Waals surface area contributed by atoms with Crippen molar-refractivity contribution in [1.82, 2.24) is 15.1 Å². The van der Waals surface area contributed by atoms with E-state index in [-0.39, 0.29) is 29.7 Å². The van der Waals surface area contributed by atoms with Gasteiger partial charge in [-0.25, -0.2) is 13.2 Å². The van der Waals surface area contributed by atoms with Crippen molar-refractivity contribution < 1.29 is 28.2 Å². The molecule has 0 bridgehead atoms. The average Bonchev–Trinajstić information content (AvgIpc) is 3.13. The molecule has 1 heterocycles. The molecule has 1 fully saturated rings. The van der Waals surface area contributed by atoms with Crippen molar-refractivity contribution in [2.45, 2.75) is 82.4 Å². The largest absolute Gasteiger partial charge is 0.465 e. The van der Waals surface area contributed by atoms with Gasteiger partial charge in [-0.15, -0.1) is 0 Å². The maximum atomic E-state index is 13.7. The number of nitrogens with zero attached hydrogens (tertiary/aromatic N) is 2. The van der Waals surface area contributed by atoms with Gasteiger partial charge in [0, 0.05) is 18.3 Å². The van der Waals surface area contributed by atoms with Gasteiger partial charge in [0.25, 0.3) is 0 Å². The Hall–Kier alpha value is -2.95. The predicted molar refractivity (Wildman–Crippen MR) is 145 cm³/mol. The third-order valence-corrected chi connectivity index (χ3v) is 7.98. The maximum absolute atomic E-state index is 13.7. The summed E-state index contributed by atoms with van der Waals surface area (Å²) < 4.78 is 23.6. The van der Waals surface area contributed by atoms with E-state index in [2.05, 4.69) is 5.32 Å². The first-order valence-electron chi connectivity index (χ1n) is 12.7. The van der Waals surface area contributed by atoms with Gasteiger partial charge in [0.1, 0.15) is 6.04 Å². The number of aliphatic hydroxyl groups excluding tert-OH is 1. The van der Waals surface area contributed by atoms with Gasteiger partial charge in [-0.3, -0.25) is 15.0 Å². The van der Waals surface area contributed by atoms with Crippen LogP contribution in [0, 0.1) is 5.92 Å². The molecule has 9 nitrogen and oxygen atoms in total. The quantitative estimate of drug-likeness (QED) is 0.442. The lowest BCUT2D eigenvalue weighted by atomic mass is 9.91. The van der Waals surface area contributed by atoms with Crippen LogP contribution in [-0.4, -0.2) is 76.6 Å². The summed E-state index contributed by atoms with van der Waals surface area (Å²) in [6, 6.07) is 13.8. The van der Waals surface area contributed by atoms with Gasteiger partial charge >= 0.3 is 6.09 Å². The molecule has 2 aromatic carbocycles. The fourth-order valence-corrected chi connectivity index (χ4v) is 5.67. The lowest BCUT2D eigenvalue weighted by Crippen LogP contribution is -2.61. The number of aliphatic hydroxyl groups is 1. The Bertz CT molecular complexity index is 1230. The number of hydrogen-bond donors (Lipinski definition) is 3. The zero-order chi connectivity index (χ0) is 28.4. The molecule has 4 atom stereocenters. The topological polar surface area (TPSA) is 127 Å². The Morgan fingerprint density at radius 2 is 1.63 bits per heavy atom. The summed E-state index contributed by atoms with van der Waals surface area (Å²) in [7, 11) is -3.34. The average molecular weight is 546 g/mol. The van der Waals surface area contributed by atoms with E-state index in [4.69, 9.17) is 0 Å². The standard InChI is InChI=1S/C28H39N3O6S/c1-18(2)25-29-23(26(33)30(25)17-20-12-14-21(15-13-20)38(6,36)37)24(32)22(16-19-10-8-7-9-11-19)31(27(34)35)28(3,4)5/h7-15,18,22-25,29,32H,16-17H2,1-6H3,(H,34,35)/t22-,23-,24-,25?/m0/s1. The Balaban J connectivity index is 1.94. The monoisotopic (exact) mass is 545 g/mol. The highest BCUT2D eigenvalue weighted by Gasteiger charge is 2.48. The van der Waals surface area contributed by atoms with Crippen molar-refractivity contribution in [3.05, 3.63) is 65.7 Å². The van der Waals surface area contributed by atoms with E-state index in [0.29, 0.717) is 0 Å². The molecule has 0 saturated carbocycles. The lowest BCUT2D eigenvalue weighted by molar-refractivity contribution is -0.134. The number of rotatable bonds is 9. The fourth-order valence-electron chi connectivity index (χ4n) is 5.04. The molecule has 208 valence electrons. The Morgan fingerprint density at radius 3 is 2.11 bits per heavy atom. The van der Waals surface area contributed by atoms with Crippen molar-refractivity contribution in [2.24, 2.45) is 5.92 Å². The predicted octanol–water partition coefficient (Wildman–Crippen LogP) is 3.12. The van der Waals surface area contributed by atoms with E-state index in [9.17, 15) is 28.2 Å². The summed E-state index contributed by atoms with van der Waals surface area (Å²) in [6.45, 7) is 9.42. The molecular formula is C28H39N3O6S. The molecule has 2 amide bonds. The second kappa shape index (κ2) is 11.4. The highest BCUT2D eigenvalue weighted by Crippen LogP contribution is 2.28. The second-order valence-corrected chi connectivity index (χ2v) is 13.3. The van der Waals surface area contributed by atoms with E-state index in [0.717, 1.165) is 17.4 Å². The molecule has 3 rings (SSSR count). The summed E-state index contributed by atoms with van der Waals surface area (Å²) in [5, 5.41) is 25.1. The first-order valence-corrected chi connectivity index (χ1v) is 14.6. The van der Waals surface area contributed by atoms with Gasteiger partial charge in [-0.2, -0.15) is 0 Å². The van der Waals surface area contributed by atoms with Crippen LogP contribution in [0.3, 0.4) is 0 Å². The Morgan fingerprint density at radius 1 is 1.05 bits per heavy atom. The number of benzene rings is 2. The lowest BCUT2D eigenvalue weighted by Gasteiger charge is -2.42. The highest BCUT2D eigenvalue weighted by atomic mass is 32.2. The summed E-state index contributed by atoms with van der Waals surface area (Å²) >= 11 is 0. The van der Waals surface area contributed by atoms with Gasteiger partial charge < -0.3 is 15.1 Å². The van der Waals surface area contributed by atoms with Crippen LogP contribution in [0.4, 0.5) is 4.79 Å². The van der Waals surface area contributed by atoms with E-state index in [1.54, 1.807) is 37.8 Å². The third-order valence-electron chi connectivity index (χ3n) is 6.85. The van der Waals surface area contributed by atoms with Crippen LogP contribution in [-0.2, 0) is 27.6 Å². The van der Waals surface area contributed by atoms with Crippen molar-refractivity contribution in [3.63, 3.8) is 0 Å². The Labute approximate surface area is 225 Å². The molecule has 0 aromatic heterocycles. The zero-order valence-corrected chi connectivity index (χ0v) is 23.6. The molecule has 38 heavy (non-hydrogen) atoms. The van der Waals surface area contributed by atoms with Crippen molar-refractivity contribution in [1.29, 1.82) is 0 Å². The van der Waals surface area contributed by atoms with Crippen LogP contribution in [0.1, 0.15) is 45.7 Å². The summed E-state index contributed by atoms with van der Waals surface area (Å²) in [4.78, 5) is 29.2. The summed E-state index contributed by atoms with van der Waals surface area (Å²) in [6.07, 6.45) is -1.53. The van der Waals surface area contributed by atoms with E-state index >= 15 is 0 Å². The van der Waals surface area contributed by atoms with Gasteiger partial charge in [-0.05, 0) is 56.4 Å². The molecule has 2 aromatic rings. The molecule has 1 aliphatic heterocycles. The van der Waals surface area contributed by atoms with E-state index in [1.165, 1.54) is 17.0 Å². The molecule has 1 saturated heterocycles. The number of carbonyl (C=O) groups is 2. The van der Waals surface area contributed by atoms with Gasteiger partial charge in [0.2, 0.25) is 5.91 Å². The maximum Gasteiger partial charge on any atom is 0.408 e. The number of nitrogens with one attached hydrogen (secondary N) is 1. The minimum Gasteiger partial charge on any atom is -0.465 e. The molecule has 1 aliphatic rings. The van der Waals surface area contributed by atoms with Crippen LogP contribution < -0.4 is 5.32 Å². The number of carboxylic acid groups (broad SMARTS) is 1. The zero-order valence-electron chi connectivity index (χ0n) is 22.8. The first kappa shape index (κ1) is 29.6. The third kappa shape index (κ3) is 6.73. The summed E-state index contributed by atoms with van der Waals surface area (Å²) in [5.41, 5.74) is 0.767. The van der Waals surface area contributed by atoms with Crippen LogP contribution in [0.15, 0.2) is 59.5 Å². The van der Waals surface area contributed by atoms with Gasteiger partial charge in [0.05, 0.1) is 23.2 Å². The van der Waals surface area contributed by atoms with Crippen LogP contribution in [0.25, 0.3) is 0 Å². The SMILES string of the molecule is CC(C)C1N[C@@H]([C@@H](O)[C@H](Cc2ccccc2)N(C(=O)O)C(C)(C)C)C(=O)N1Cc1ccc(S(C)(=O)=O)cc1. The highest BCUT2D eigenvalue weighted by molar-refractivity contribution is 7.90. The molecule has 10 heteroatoms. The van der Waals surface area contributed by atoms with Crippen molar-refractivity contribution in [3.8, 4) is 0 Å². The van der Waals surface area contributed by atoms with Gasteiger partial charge in [0.15, 0.2) is 9.84 Å². The number of carbonyl (C=O) groups excluding carboxylic acids is 1. The summed E-state index contributed by atoms with van der Waals surface area (Å²) in [5.74, 6) is -0.335. The number of amides is 2. The van der Waals surface area contributed by atoms with Crippen LogP contribution in [0.2, 0.25) is 0 Å². The molecule has 0 spiro atoms. The molecule has 0 radical (unpaired) electrons. The smallest absolute Gasteiger partial charge is 0.408 e. The van der Waals surface area contributed by atoms with E-state index in [1.807, 2.05) is 44.2 Å². The number of hydrogen-bond acceptors (Lipinski definition) is 6. The van der Waals surface area contributed by atoms with E-state index < -0.39 is 45.8 Å². The minimum atomic E-state index is -3.34. The Kier molecular flexibility index (Phi) is 8.90. The molecule has 0 aliphatic carbocycles. The molecular weight excluding hydrogens is 506 g/mol. The van der Waals surface area contributed by atoms with Crippen molar-refractivity contribution >= 4 is 21.8 Å².